The van der Waals surface area contributed by atoms with Gasteiger partial charge < -0.3 is 9.32 Å². The summed E-state index contributed by atoms with van der Waals surface area (Å²) in [6.07, 6.45) is 9.02. The fourth-order valence-electron chi connectivity index (χ4n) is 3.94. The van der Waals surface area contributed by atoms with Gasteiger partial charge in [-0.05, 0) is 55.7 Å². The van der Waals surface area contributed by atoms with E-state index < -0.39 is 0 Å². The average Bonchev–Trinajstić information content (AvgIpc) is 3.39. The van der Waals surface area contributed by atoms with Crippen LogP contribution in [0.2, 0.25) is 0 Å². The van der Waals surface area contributed by atoms with Gasteiger partial charge in [-0.25, -0.2) is 9.50 Å². The van der Waals surface area contributed by atoms with Crippen molar-refractivity contribution in [3.63, 3.8) is 0 Å². The van der Waals surface area contributed by atoms with Gasteiger partial charge in [0.25, 0.3) is 5.91 Å². The second kappa shape index (κ2) is 7.16. The van der Waals surface area contributed by atoms with Gasteiger partial charge >= 0.3 is 0 Å². The maximum Gasteiger partial charge on any atom is 0.257 e. The van der Waals surface area contributed by atoms with E-state index in [1.165, 1.54) is 0 Å². The lowest BCUT2D eigenvalue weighted by Gasteiger charge is -2.31. The molecular formula is C22H21N5O2. The van der Waals surface area contributed by atoms with Gasteiger partial charge in [0.1, 0.15) is 5.76 Å². The van der Waals surface area contributed by atoms with Crippen LogP contribution in [0.1, 0.15) is 40.7 Å². The van der Waals surface area contributed by atoms with E-state index in [-0.39, 0.29) is 11.8 Å². The standard InChI is InChI=1S/C22H21N5O2/c1-15-19(8-12-29-15)22(28)26-11-2-3-18(13-26)21-24-20-5-4-17(14-27(20)25-21)16-6-9-23-10-7-16/h4-10,12,14,18H,2-3,11,13H2,1H3. The quantitative estimate of drug-likeness (QED) is 0.536. The van der Waals surface area contributed by atoms with Crippen LogP contribution in [0.4, 0.5) is 0 Å². The van der Waals surface area contributed by atoms with Crippen molar-refractivity contribution in [2.45, 2.75) is 25.7 Å². The van der Waals surface area contributed by atoms with E-state index >= 15 is 0 Å². The maximum atomic E-state index is 12.8. The number of carbonyl (C=O) groups is 1. The number of carbonyl (C=O) groups excluding carboxylic acids is 1. The molecule has 1 unspecified atom stereocenters. The SMILES string of the molecule is Cc1occc1C(=O)N1CCCC(c2nc3ccc(-c4ccncc4)cn3n2)C1. The number of nitrogens with zero attached hydrogens (tertiary/aromatic N) is 5. The molecule has 1 fully saturated rings. The van der Waals surface area contributed by atoms with E-state index in [4.69, 9.17) is 14.5 Å². The molecule has 0 saturated carbocycles. The van der Waals surface area contributed by atoms with Crippen LogP contribution in [0.5, 0.6) is 0 Å². The summed E-state index contributed by atoms with van der Waals surface area (Å²) in [7, 11) is 0. The monoisotopic (exact) mass is 387 g/mol. The van der Waals surface area contributed by atoms with E-state index in [1.807, 2.05) is 46.8 Å². The summed E-state index contributed by atoms with van der Waals surface area (Å²) in [6.45, 7) is 3.19. The highest BCUT2D eigenvalue weighted by Gasteiger charge is 2.29. The molecule has 0 bridgehead atoms. The number of rotatable bonds is 3. The molecule has 4 aromatic rings. The molecule has 0 spiro atoms. The lowest BCUT2D eigenvalue weighted by Crippen LogP contribution is -2.39. The molecule has 5 rings (SSSR count). The third kappa shape index (κ3) is 3.29. The number of hydrogen-bond acceptors (Lipinski definition) is 5. The van der Waals surface area contributed by atoms with Gasteiger partial charge in [-0.3, -0.25) is 9.78 Å². The molecule has 0 N–H and O–H groups in total. The zero-order valence-corrected chi connectivity index (χ0v) is 16.2. The van der Waals surface area contributed by atoms with Crippen molar-refractivity contribution in [2.24, 2.45) is 0 Å². The number of furan rings is 1. The topological polar surface area (TPSA) is 76.5 Å². The Morgan fingerprint density at radius 1 is 1.14 bits per heavy atom. The van der Waals surface area contributed by atoms with E-state index in [2.05, 4.69) is 4.98 Å². The first-order valence-corrected chi connectivity index (χ1v) is 9.79. The van der Waals surface area contributed by atoms with Crippen LogP contribution in [0, 0.1) is 6.92 Å². The number of amides is 1. The molecule has 29 heavy (non-hydrogen) atoms. The van der Waals surface area contributed by atoms with Crippen LogP contribution in [-0.2, 0) is 0 Å². The third-order valence-electron chi connectivity index (χ3n) is 5.52. The molecule has 0 radical (unpaired) electrons. The Labute approximate surface area is 168 Å². The van der Waals surface area contributed by atoms with Gasteiger partial charge in [-0.1, -0.05) is 0 Å². The summed E-state index contributed by atoms with van der Waals surface area (Å²) in [4.78, 5) is 23.5. The van der Waals surface area contributed by atoms with E-state index in [9.17, 15) is 4.79 Å². The Morgan fingerprint density at radius 2 is 2.00 bits per heavy atom. The highest BCUT2D eigenvalue weighted by atomic mass is 16.3. The lowest BCUT2D eigenvalue weighted by atomic mass is 9.97. The number of fused-ring (bicyclic) bond motifs is 1. The number of likely N-dealkylation sites (tertiary alicyclic amines) is 1. The van der Waals surface area contributed by atoms with Crippen LogP contribution in [0.25, 0.3) is 16.8 Å². The first-order chi connectivity index (χ1) is 14.2. The molecule has 1 saturated heterocycles. The summed E-state index contributed by atoms with van der Waals surface area (Å²) >= 11 is 0. The lowest BCUT2D eigenvalue weighted by molar-refractivity contribution is 0.0703. The van der Waals surface area contributed by atoms with Crippen LogP contribution >= 0.6 is 0 Å². The van der Waals surface area contributed by atoms with Crippen molar-refractivity contribution in [2.75, 3.05) is 13.1 Å². The molecule has 1 aliphatic heterocycles. The second-order valence-electron chi connectivity index (χ2n) is 7.41. The Bertz CT molecular complexity index is 1160. The van der Waals surface area contributed by atoms with Crippen LogP contribution in [0.3, 0.4) is 0 Å². The van der Waals surface area contributed by atoms with Crippen molar-refractivity contribution in [1.29, 1.82) is 0 Å². The molecular weight excluding hydrogens is 366 g/mol. The van der Waals surface area contributed by atoms with Crippen LogP contribution in [-0.4, -0.2) is 43.5 Å². The van der Waals surface area contributed by atoms with Crippen molar-refractivity contribution in [3.05, 3.63) is 72.3 Å². The summed E-state index contributed by atoms with van der Waals surface area (Å²) in [6, 6.07) is 9.71. The number of piperidine rings is 1. The van der Waals surface area contributed by atoms with E-state index in [0.717, 1.165) is 42.0 Å². The predicted octanol–water partition coefficient (Wildman–Crippen LogP) is 3.71. The maximum absolute atomic E-state index is 12.8. The normalized spacial score (nSPS) is 17.0. The molecule has 146 valence electrons. The van der Waals surface area contributed by atoms with Gasteiger partial charge in [-0.15, -0.1) is 0 Å². The minimum Gasteiger partial charge on any atom is -0.469 e. The Morgan fingerprint density at radius 3 is 2.79 bits per heavy atom. The minimum absolute atomic E-state index is 0.0182. The summed E-state index contributed by atoms with van der Waals surface area (Å²) in [5.41, 5.74) is 3.60. The Kier molecular flexibility index (Phi) is 4.35. The fourth-order valence-corrected chi connectivity index (χ4v) is 3.94. The van der Waals surface area contributed by atoms with Gasteiger partial charge in [0, 0.05) is 43.2 Å². The molecule has 0 aromatic carbocycles. The van der Waals surface area contributed by atoms with Crippen molar-refractivity contribution >= 4 is 11.6 Å². The number of pyridine rings is 2. The van der Waals surface area contributed by atoms with Gasteiger partial charge in [0.05, 0.1) is 11.8 Å². The van der Waals surface area contributed by atoms with E-state index in [0.29, 0.717) is 17.9 Å². The zero-order valence-electron chi connectivity index (χ0n) is 16.2. The first-order valence-electron chi connectivity index (χ1n) is 9.79. The van der Waals surface area contributed by atoms with Gasteiger partial charge in [0.2, 0.25) is 0 Å². The van der Waals surface area contributed by atoms with Crippen molar-refractivity contribution in [1.82, 2.24) is 24.5 Å². The third-order valence-corrected chi connectivity index (χ3v) is 5.52. The highest BCUT2D eigenvalue weighted by Crippen LogP contribution is 2.27. The Balaban J connectivity index is 1.40. The number of aromatic nitrogens is 4. The van der Waals surface area contributed by atoms with Gasteiger partial charge in [0.15, 0.2) is 11.5 Å². The minimum atomic E-state index is 0.0182. The summed E-state index contributed by atoms with van der Waals surface area (Å²) in [5, 5.41) is 4.73. The molecule has 7 heteroatoms. The number of aryl methyl sites for hydroxylation is 1. The molecule has 0 aliphatic carbocycles. The van der Waals surface area contributed by atoms with Crippen molar-refractivity contribution in [3.8, 4) is 11.1 Å². The Hall–Kier alpha value is -3.48. The van der Waals surface area contributed by atoms with Crippen molar-refractivity contribution < 1.29 is 9.21 Å². The molecule has 1 aliphatic rings. The summed E-state index contributed by atoms with van der Waals surface area (Å²) in [5.74, 6) is 1.60. The predicted molar refractivity (Wildman–Crippen MR) is 108 cm³/mol. The van der Waals surface area contributed by atoms with Crippen LogP contribution < -0.4 is 0 Å². The summed E-state index contributed by atoms with van der Waals surface area (Å²) < 4.78 is 7.12. The smallest absolute Gasteiger partial charge is 0.257 e. The van der Waals surface area contributed by atoms with Gasteiger partial charge in [-0.2, -0.15) is 5.10 Å². The van der Waals surface area contributed by atoms with Crippen LogP contribution in [0.15, 0.2) is 59.6 Å². The average molecular weight is 387 g/mol. The second-order valence-corrected chi connectivity index (χ2v) is 7.41. The molecule has 4 aromatic heterocycles. The highest BCUT2D eigenvalue weighted by molar-refractivity contribution is 5.95. The number of hydrogen-bond donors (Lipinski definition) is 0. The molecule has 7 nitrogen and oxygen atoms in total. The zero-order chi connectivity index (χ0) is 19.8. The largest absolute Gasteiger partial charge is 0.469 e. The molecule has 5 heterocycles. The fraction of sp³-hybridized carbons (Fsp3) is 0.273. The van der Waals surface area contributed by atoms with E-state index in [1.54, 1.807) is 24.7 Å². The molecule has 1 amide bonds. The first kappa shape index (κ1) is 17.6. The molecule has 1 atom stereocenters.